The van der Waals surface area contributed by atoms with Crippen molar-refractivity contribution in [3.63, 3.8) is 0 Å². The molecule has 0 spiro atoms. The lowest BCUT2D eigenvalue weighted by Gasteiger charge is -2.08. The highest BCUT2D eigenvalue weighted by Gasteiger charge is 2.28. The van der Waals surface area contributed by atoms with Gasteiger partial charge in [-0.05, 0) is 34.5 Å². The number of amides is 1. The Morgan fingerprint density at radius 1 is 1.56 bits per heavy atom. The minimum atomic E-state index is -0.552. The highest BCUT2D eigenvalue weighted by atomic mass is 79.9. The molecule has 0 radical (unpaired) electrons. The van der Waals surface area contributed by atoms with Crippen molar-refractivity contribution in [1.82, 2.24) is 0 Å². The first kappa shape index (κ1) is 13.9. The number of carbonyl (C=O) groups is 1. The first-order valence-electron chi connectivity index (χ1n) is 5.65. The lowest BCUT2D eigenvalue weighted by molar-refractivity contribution is -0.116. The third kappa shape index (κ3) is 2.88. The molecule has 0 fully saturated rings. The Bertz CT molecular complexity index is 468. The first-order chi connectivity index (χ1) is 8.63. The lowest BCUT2D eigenvalue weighted by atomic mass is 10.1. The summed E-state index contributed by atoms with van der Waals surface area (Å²) in [6.07, 6.45) is 0.997. The molecule has 1 aromatic carbocycles. The highest BCUT2D eigenvalue weighted by molar-refractivity contribution is 9.10. The van der Waals surface area contributed by atoms with Gasteiger partial charge in [-0.25, -0.2) is 0 Å². The fourth-order valence-corrected chi connectivity index (χ4v) is 3.37. The monoisotopic (exact) mass is 330 g/mol. The van der Waals surface area contributed by atoms with Crippen LogP contribution in [0.1, 0.15) is 18.0 Å². The second kappa shape index (κ2) is 6.06. The van der Waals surface area contributed by atoms with E-state index in [4.69, 9.17) is 10.5 Å². The van der Waals surface area contributed by atoms with E-state index in [2.05, 4.69) is 21.2 Å². The van der Waals surface area contributed by atoms with Gasteiger partial charge in [-0.3, -0.25) is 4.79 Å². The van der Waals surface area contributed by atoms with E-state index in [1.54, 1.807) is 18.9 Å². The van der Waals surface area contributed by atoms with Gasteiger partial charge >= 0.3 is 0 Å². The summed E-state index contributed by atoms with van der Waals surface area (Å²) in [7, 11) is 1.70. The summed E-state index contributed by atoms with van der Waals surface area (Å²) in [5.74, 6) is 0.837. The van der Waals surface area contributed by atoms with Crippen LogP contribution in [0.25, 0.3) is 0 Å². The van der Waals surface area contributed by atoms with E-state index in [1.807, 2.05) is 12.1 Å². The molecule has 1 aliphatic heterocycles. The number of fused-ring (bicyclic) bond motifs is 1. The molecule has 3 N–H and O–H groups in total. The van der Waals surface area contributed by atoms with Crippen molar-refractivity contribution >= 4 is 39.3 Å². The zero-order valence-electron chi connectivity index (χ0n) is 10.0. The van der Waals surface area contributed by atoms with Crippen LogP contribution in [0.4, 0.5) is 5.69 Å². The van der Waals surface area contributed by atoms with Gasteiger partial charge in [-0.15, -0.1) is 11.8 Å². The molecule has 0 aliphatic carbocycles. The summed E-state index contributed by atoms with van der Waals surface area (Å²) in [4.78, 5) is 12.6. The van der Waals surface area contributed by atoms with Crippen LogP contribution < -0.4 is 11.1 Å². The number of hydrogen-bond donors (Lipinski definition) is 2. The second-order valence-electron chi connectivity index (χ2n) is 4.03. The van der Waals surface area contributed by atoms with Gasteiger partial charge in [0.25, 0.3) is 0 Å². The molecular formula is C12H15BrN2O2S. The lowest BCUT2D eigenvalue weighted by Crippen LogP contribution is -2.19. The summed E-state index contributed by atoms with van der Waals surface area (Å²) >= 11 is 5.26. The number of anilines is 1. The smallest absolute Gasteiger partial charge is 0.245 e. The van der Waals surface area contributed by atoms with E-state index >= 15 is 0 Å². The van der Waals surface area contributed by atoms with Crippen LogP contribution in [0.2, 0.25) is 0 Å². The Morgan fingerprint density at radius 2 is 2.33 bits per heavy atom. The number of rotatable bonds is 5. The van der Waals surface area contributed by atoms with Gasteiger partial charge in [-0.2, -0.15) is 0 Å². The molecule has 98 valence electrons. The normalized spacial score (nSPS) is 17.7. The molecule has 0 aromatic heterocycles. The van der Waals surface area contributed by atoms with Gasteiger partial charge in [0.2, 0.25) is 5.91 Å². The molecule has 1 atom stereocenters. The quantitative estimate of drug-likeness (QED) is 0.643. The third-order valence-electron chi connectivity index (χ3n) is 2.73. The number of carbonyl (C=O) groups excluding carboxylic acids is 1. The summed E-state index contributed by atoms with van der Waals surface area (Å²) in [5, 5.41) is 2.79. The van der Waals surface area contributed by atoms with Crippen molar-refractivity contribution in [2.45, 2.75) is 17.4 Å². The van der Waals surface area contributed by atoms with Crippen LogP contribution in [0.15, 0.2) is 21.5 Å². The zero-order chi connectivity index (χ0) is 13.1. The Labute approximate surface area is 119 Å². The number of thioether (sulfide) groups is 1. The Balaban J connectivity index is 2.10. The molecular weight excluding hydrogens is 316 g/mol. The number of nitrogens with one attached hydrogen (secondary N) is 1. The van der Waals surface area contributed by atoms with Gasteiger partial charge < -0.3 is 15.8 Å². The summed E-state index contributed by atoms with van der Waals surface area (Å²) < 4.78 is 6.00. The van der Waals surface area contributed by atoms with Crippen LogP contribution in [0, 0.1) is 0 Å². The molecule has 18 heavy (non-hydrogen) atoms. The molecule has 1 heterocycles. The van der Waals surface area contributed by atoms with Crippen LogP contribution in [0.3, 0.4) is 0 Å². The van der Waals surface area contributed by atoms with Crippen LogP contribution in [-0.4, -0.2) is 25.4 Å². The number of benzene rings is 1. The fourth-order valence-electron chi connectivity index (χ4n) is 1.78. The van der Waals surface area contributed by atoms with E-state index in [-0.39, 0.29) is 5.91 Å². The summed E-state index contributed by atoms with van der Waals surface area (Å²) in [6.45, 7) is 0.761. The average molecular weight is 331 g/mol. The molecule has 1 unspecified atom stereocenters. The van der Waals surface area contributed by atoms with Gasteiger partial charge in [-0.1, -0.05) is 0 Å². The van der Waals surface area contributed by atoms with E-state index in [1.165, 1.54) is 0 Å². The van der Waals surface area contributed by atoms with Crippen molar-refractivity contribution < 1.29 is 9.53 Å². The number of nitrogens with two attached hydrogens (primary N) is 1. The van der Waals surface area contributed by atoms with E-state index < -0.39 is 6.04 Å². The average Bonchev–Trinajstić information content (AvgIpc) is 2.61. The van der Waals surface area contributed by atoms with Crippen LogP contribution >= 0.6 is 27.7 Å². The molecule has 1 amide bonds. The van der Waals surface area contributed by atoms with Crippen molar-refractivity contribution in [3.05, 3.63) is 22.2 Å². The van der Waals surface area contributed by atoms with Crippen LogP contribution in [-0.2, 0) is 9.53 Å². The maximum atomic E-state index is 11.5. The topological polar surface area (TPSA) is 64.3 Å². The third-order valence-corrected chi connectivity index (χ3v) is 4.79. The summed E-state index contributed by atoms with van der Waals surface area (Å²) in [5.41, 5.74) is 7.47. The van der Waals surface area contributed by atoms with Crippen molar-refractivity contribution in [2.24, 2.45) is 5.73 Å². The number of methoxy groups -OCH3 is 1. The van der Waals surface area contributed by atoms with E-state index in [0.717, 1.165) is 39.4 Å². The maximum Gasteiger partial charge on any atom is 0.245 e. The van der Waals surface area contributed by atoms with Crippen molar-refractivity contribution in [2.75, 3.05) is 24.8 Å². The molecule has 6 heteroatoms. The molecule has 0 bridgehead atoms. The molecule has 1 aromatic rings. The molecule has 0 saturated carbocycles. The summed E-state index contributed by atoms with van der Waals surface area (Å²) in [6, 6.07) is 3.35. The first-order valence-corrected chi connectivity index (χ1v) is 7.43. The van der Waals surface area contributed by atoms with Crippen molar-refractivity contribution in [1.29, 1.82) is 0 Å². The minimum Gasteiger partial charge on any atom is -0.385 e. The van der Waals surface area contributed by atoms with Crippen molar-refractivity contribution in [3.8, 4) is 0 Å². The Morgan fingerprint density at radius 3 is 3.06 bits per heavy atom. The van der Waals surface area contributed by atoms with Gasteiger partial charge in [0.1, 0.15) is 6.04 Å². The number of halogens is 1. The van der Waals surface area contributed by atoms with E-state index in [0.29, 0.717) is 0 Å². The predicted octanol–water partition coefficient (Wildman–Crippen LogP) is 2.53. The highest BCUT2D eigenvalue weighted by Crippen LogP contribution is 2.38. The standard InChI is InChI=1S/C12H15BrN2O2S/c1-17-3-2-4-18-10-6-9-7(5-8(10)13)11(14)12(16)15-9/h5-6,11H,2-4,14H2,1H3,(H,15,16). The second-order valence-corrected chi connectivity index (χ2v) is 6.02. The Hall–Kier alpha value is -0.560. The SMILES string of the molecule is COCCCSc1cc2c(cc1Br)C(N)C(=O)N2. The minimum absolute atomic E-state index is 0.140. The van der Waals surface area contributed by atoms with Gasteiger partial charge in [0, 0.05) is 40.1 Å². The molecule has 0 saturated heterocycles. The van der Waals surface area contributed by atoms with E-state index in [9.17, 15) is 4.79 Å². The van der Waals surface area contributed by atoms with Gasteiger partial charge in [0.05, 0.1) is 0 Å². The predicted molar refractivity (Wildman–Crippen MR) is 76.9 cm³/mol. The molecule has 1 aliphatic rings. The molecule has 4 nitrogen and oxygen atoms in total. The Kier molecular flexibility index (Phi) is 4.66. The number of ether oxygens (including phenoxy) is 1. The zero-order valence-corrected chi connectivity index (χ0v) is 12.4. The number of hydrogen-bond acceptors (Lipinski definition) is 4. The maximum absolute atomic E-state index is 11.5. The van der Waals surface area contributed by atoms with Crippen LogP contribution in [0.5, 0.6) is 0 Å². The fraction of sp³-hybridized carbons (Fsp3) is 0.417. The van der Waals surface area contributed by atoms with Gasteiger partial charge in [0.15, 0.2) is 0 Å². The largest absolute Gasteiger partial charge is 0.385 e. The molecule has 2 rings (SSSR count).